The highest BCUT2D eigenvalue weighted by atomic mass is 35.5. The second kappa shape index (κ2) is 7.11. The van der Waals surface area contributed by atoms with Crippen LogP contribution >= 0.6 is 11.6 Å². The fourth-order valence-corrected chi connectivity index (χ4v) is 2.33. The van der Waals surface area contributed by atoms with Crippen molar-refractivity contribution in [1.29, 1.82) is 0 Å². The molecule has 0 spiro atoms. The lowest BCUT2D eigenvalue weighted by molar-refractivity contribution is 0.0952. The van der Waals surface area contributed by atoms with Gasteiger partial charge < -0.3 is 5.32 Å². The zero-order valence-electron chi connectivity index (χ0n) is 11.5. The summed E-state index contributed by atoms with van der Waals surface area (Å²) in [7, 11) is 0. The molecular formula is C17H18ClNO. The van der Waals surface area contributed by atoms with Crippen molar-refractivity contribution in [2.45, 2.75) is 18.7 Å². The molecule has 0 heterocycles. The number of nitrogens with one attached hydrogen (secondary N) is 1. The predicted molar refractivity (Wildman–Crippen MR) is 83.2 cm³/mol. The van der Waals surface area contributed by atoms with Crippen molar-refractivity contribution in [3.05, 3.63) is 71.3 Å². The minimum absolute atomic E-state index is 0.0657. The van der Waals surface area contributed by atoms with E-state index in [0.29, 0.717) is 6.54 Å². The van der Waals surface area contributed by atoms with Crippen molar-refractivity contribution in [3.63, 3.8) is 0 Å². The van der Waals surface area contributed by atoms with Gasteiger partial charge in [0.2, 0.25) is 0 Å². The summed E-state index contributed by atoms with van der Waals surface area (Å²) in [6.45, 7) is 2.46. The van der Waals surface area contributed by atoms with E-state index in [9.17, 15) is 4.79 Å². The maximum absolute atomic E-state index is 12.2. The summed E-state index contributed by atoms with van der Waals surface area (Å²) >= 11 is 6.30. The van der Waals surface area contributed by atoms with Gasteiger partial charge in [-0.1, -0.05) is 55.5 Å². The average Bonchev–Trinajstić information content (AvgIpc) is 2.53. The molecule has 0 aromatic heterocycles. The second-order valence-corrected chi connectivity index (χ2v) is 5.13. The molecule has 1 unspecified atom stereocenters. The minimum Gasteiger partial charge on any atom is -0.350 e. The van der Waals surface area contributed by atoms with Gasteiger partial charge in [-0.2, -0.15) is 0 Å². The van der Waals surface area contributed by atoms with Crippen molar-refractivity contribution in [1.82, 2.24) is 5.32 Å². The molecule has 2 aromatic rings. The van der Waals surface area contributed by atoms with Crippen LogP contribution in [0, 0.1) is 0 Å². The Morgan fingerprint density at radius 2 is 1.75 bits per heavy atom. The first kappa shape index (κ1) is 14.6. The molecule has 0 saturated heterocycles. The number of hydrogen-bond donors (Lipinski definition) is 1. The number of hydrogen-bond acceptors (Lipinski definition) is 1. The van der Waals surface area contributed by atoms with E-state index < -0.39 is 0 Å². The van der Waals surface area contributed by atoms with Crippen LogP contribution in [0.3, 0.4) is 0 Å². The van der Waals surface area contributed by atoms with Crippen LogP contribution in [0.25, 0.3) is 0 Å². The molecule has 3 heteroatoms. The number of rotatable bonds is 5. The van der Waals surface area contributed by atoms with Crippen molar-refractivity contribution >= 4 is 17.5 Å². The molecule has 0 radical (unpaired) electrons. The van der Waals surface area contributed by atoms with Crippen LogP contribution in [0.4, 0.5) is 0 Å². The van der Waals surface area contributed by atoms with Crippen LogP contribution < -0.4 is 5.32 Å². The van der Waals surface area contributed by atoms with E-state index in [2.05, 4.69) is 5.32 Å². The van der Waals surface area contributed by atoms with E-state index in [0.717, 1.165) is 23.1 Å². The van der Waals surface area contributed by atoms with Gasteiger partial charge in [-0.15, -0.1) is 11.6 Å². The molecule has 1 atom stereocenters. The summed E-state index contributed by atoms with van der Waals surface area (Å²) in [5, 5.41) is 2.69. The van der Waals surface area contributed by atoms with Crippen LogP contribution in [0.2, 0.25) is 0 Å². The van der Waals surface area contributed by atoms with Gasteiger partial charge in [0.15, 0.2) is 0 Å². The first-order valence-electron chi connectivity index (χ1n) is 6.77. The van der Waals surface area contributed by atoms with Gasteiger partial charge in [0.1, 0.15) is 0 Å². The molecule has 1 amide bonds. The summed E-state index contributed by atoms with van der Waals surface area (Å²) in [6, 6.07) is 17.4. The summed E-state index contributed by atoms with van der Waals surface area (Å²) in [5.74, 6) is -0.0657. The van der Waals surface area contributed by atoms with E-state index in [-0.39, 0.29) is 11.3 Å². The molecule has 0 saturated carbocycles. The van der Waals surface area contributed by atoms with Gasteiger partial charge in [-0.25, -0.2) is 0 Å². The molecule has 0 bridgehead atoms. The Hall–Kier alpha value is -1.80. The number of halogens is 1. The quantitative estimate of drug-likeness (QED) is 0.829. The van der Waals surface area contributed by atoms with Gasteiger partial charge in [0, 0.05) is 12.1 Å². The molecule has 2 nitrogen and oxygen atoms in total. The number of carbonyl (C=O) groups is 1. The third-order valence-corrected chi connectivity index (χ3v) is 3.65. The standard InChI is InChI=1S/C17H18ClNO/c1-2-13-8-6-7-11-15(13)17(20)19-12-16(18)14-9-4-3-5-10-14/h3-11,16H,2,12H2,1H3,(H,19,20). The highest BCUT2D eigenvalue weighted by molar-refractivity contribution is 6.21. The van der Waals surface area contributed by atoms with Crippen molar-refractivity contribution in [3.8, 4) is 0 Å². The maximum Gasteiger partial charge on any atom is 0.251 e. The lowest BCUT2D eigenvalue weighted by Crippen LogP contribution is -2.27. The zero-order chi connectivity index (χ0) is 14.4. The third-order valence-electron chi connectivity index (χ3n) is 3.25. The SMILES string of the molecule is CCc1ccccc1C(=O)NCC(Cl)c1ccccc1. The fourth-order valence-electron chi connectivity index (χ4n) is 2.11. The van der Waals surface area contributed by atoms with Gasteiger partial charge >= 0.3 is 0 Å². The van der Waals surface area contributed by atoms with Gasteiger partial charge in [0.05, 0.1) is 5.38 Å². The molecule has 0 aliphatic rings. The smallest absolute Gasteiger partial charge is 0.251 e. The number of benzene rings is 2. The van der Waals surface area contributed by atoms with Crippen LogP contribution in [-0.4, -0.2) is 12.5 Å². The van der Waals surface area contributed by atoms with Crippen LogP contribution in [0.1, 0.15) is 33.8 Å². The Morgan fingerprint density at radius 3 is 2.45 bits per heavy atom. The lowest BCUT2D eigenvalue weighted by Gasteiger charge is -2.12. The maximum atomic E-state index is 12.2. The van der Waals surface area contributed by atoms with Crippen molar-refractivity contribution < 1.29 is 4.79 Å². The predicted octanol–water partition coefficient (Wildman–Crippen LogP) is 3.96. The molecule has 2 aromatic carbocycles. The molecule has 1 N–H and O–H groups in total. The Bertz CT molecular complexity index is 568. The van der Waals surface area contributed by atoms with Crippen molar-refractivity contribution in [2.75, 3.05) is 6.54 Å². The Morgan fingerprint density at radius 1 is 1.10 bits per heavy atom. The van der Waals surface area contributed by atoms with Gasteiger partial charge in [0.25, 0.3) is 5.91 Å². The molecular weight excluding hydrogens is 270 g/mol. The van der Waals surface area contributed by atoms with Crippen LogP contribution in [-0.2, 0) is 6.42 Å². The zero-order valence-corrected chi connectivity index (χ0v) is 12.2. The molecule has 2 rings (SSSR count). The molecule has 0 aliphatic carbocycles. The normalized spacial score (nSPS) is 11.9. The van der Waals surface area contributed by atoms with E-state index in [4.69, 9.17) is 11.6 Å². The number of carbonyl (C=O) groups excluding carboxylic acids is 1. The first-order chi connectivity index (χ1) is 9.72. The average molecular weight is 288 g/mol. The molecule has 0 fully saturated rings. The summed E-state index contributed by atoms with van der Waals surface area (Å²) in [6.07, 6.45) is 0.840. The number of alkyl halides is 1. The molecule has 104 valence electrons. The topological polar surface area (TPSA) is 29.1 Å². The van der Waals surface area contributed by atoms with Gasteiger partial charge in [-0.05, 0) is 23.6 Å². The van der Waals surface area contributed by atoms with Crippen molar-refractivity contribution in [2.24, 2.45) is 0 Å². The first-order valence-corrected chi connectivity index (χ1v) is 7.21. The van der Waals surface area contributed by atoms with E-state index in [1.54, 1.807) is 0 Å². The number of amides is 1. The summed E-state index contributed by atoms with van der Waals surface area (Å²) < 4.78 is 0. The number of aryl methyl sites for hydroxylation is 1. The third kappa shape index (κ3) is 3.61. The highest BCUT2D eigenvalue weighted by Crippen LogP contribution is 2.19. The highest BCUT2D eigenvalue weighted by Gasteiger charge is 2.12. The largest absolute Gasteiger partial charge is 0.350 e. The van der Waals surface area contributed by atoms with E-state index >= 15 is 0 Å². The Labute approximate surface area is 124 Å². The summed E-state index contributed by atoms with van der Waals surface area (Å²) in [4.78, 5) is 12.2. The fraction of sp³-hybridized carbons (Fsp3) is 0.235. The van der Waals surface area contributed by atoms with E-state index in [1.165, 1.54) is 0 Å². The second-order valence-electron chi connectivity index (χ2n) is 4.60. The summed E-state index contributed by atoms with van der Waals surface area (Å²) in [5.41, 5.74) is 2.79. The van der Waals surface area contributed by atoms with Gasteiger partial charge in [-0.3, -0.25) is 4.79 Å². The van der Waals surface area contributed by atoms with Crippen LogP contribution in [0.5, 0.6) is 0 Å². The monoisotopic (exact) mass is 287 g/mol. The van der Waals surface area contributed by atoms with E-state index in [1.807, 2.05) is 61.5 Å². The minimum atomic E-state index is -0.214. The Kier molecular flexibility index (Phi) is 5.19. The molecule has 20 heavy (non-hydrogen) atoms. The lowest BCUT2D eigenvalue weighted by atomic mass is 10.0. The van der Waals surface area contributed by atoms with Crippen LogP contribution in [0.15, 0.2) is 54.6 Å². The molecule has 0 aliphatic heterocycles. The Balaban J connectivity index is 1.99.